The van der Waals surface area contributed by atoms with Gasteiger partial charge in [-0.2, -0.15) is 5.10 Å². The fourth-order valence-corrected chi connectivity index (χ4v) is 2.06. The highest BCUT2D eigenvalue weighted by Crippen LogP contribution is 2.03. The number of aryl methyl sites for hydroxylation is 1. The first-order chi connectivity index (χ1) is 8.08. The Morgan fingerprint density at radius 3 is 2.76 bits per heavy atom. The van der Waals surface area contributed by atoms with Gasteiger partial charge < -0.3 is 0 Å². The smallest absolute Gasteiger partial charge is 0.257 e. The first-order valence-electron chi connectivity index (χ1n) is 4.84. The van der Waals surface area contributed by atoms with E-state index in [1.807, 2.05) is 6.92 Å². The zero-order valence-corrected chi connectivity index (χ0v) is 9.90. The third kappa shape index (κ3) is 2.86. The third-order valence-corrected chi connectivity index (χ3v) is 3.37. The Morgan fingerprint density at radius 2 is 2.18 bits per heavy atom. The van der Waals surface area contributed by atoms with E-state index in [0.29, 0.717) is 5.69 Å². The van der Waals surface area contributed by atoms with Crippen molar-refractivity contribution in [1.29, 1.82) is 0 Å². The lowest BCUT2D eigenvalue weighted by atomic mass is 10.4. The highest BCUT2D eigenvalue weighted by molar-refractivity contribution is 7.89. The summed E-state index contributed by atoms with van der Waals surface area (Å²) in [6.45, 7) is 1.90. The number of aromatic amines is 1. The summed E-state index contributed by atoms with van der Waals surface area (Å²) in [5.41, 5.74) is 1.34. The van der Waals surface area contributed by atoms with Crippen molar-refractivity contribution in [3.8, 4) is 0 Å². The van der Waals surface area contributed by atoms with Crippen LogP contribution < -0.4 is 4.72 Å². The highest BCUT2D eigenvalue weighted by atomic mass is 32.2. The maximum absolute atomic E-state index is 11.7. The molecule has 0 saturated heterocycles. The van der Waals surface area contributed by atoms with Crippen LogP contribution in [0, 0.1) is 6.92 Å². The van der Waals surface area contributed by atoms with Gasteiger partial charge in [-0.15, -0.1) is 0 Å². The van der Waals surface area contributed by atoms with Gasteiger partial charge in [0, 0.05) is 6.20 Å². The summed E-state index contributed by atoms with van der Waals surface area (Å²) >= 11 is 0. The molecule has 0 spiro atoms. The number of nitrogens with zero attached hydrogens (tertiary/aromatic N) is 3. The first kappa shape index (κ1) is 11.7. The highest BCUT2D eigenvalue weighted by Gasteiger charge is 2.14. The van der Waals surface area contributed by atoms with Crippen LogP contribution in [0.4, 0.5) is 0 Å². The van der Waals surface area contributed by atoms with Gasteiger partial charge in [0.05, 0.1) is 30.3 Å². The Morgan fingerprint density at radius 1 is 1.35 bits per heavy atom. The number of nitrogens with one attached hydrogen (secondary N) is 2. The van der Waals surface area contributed by atoms with Gasteiger partial charge in [-0.25, -0.2) is 13.1 Å². The summed E-state index contributed by atoms with van der Waals surface area (Å²) in [7, 11) is -3.56. The molecule has 0 aliphatic carbocycles. The average Bonchev–Trinajstić information content (AvgIpc) is 2.82. The summed E-state index contributed by atoms with van der Waals surface area (Å²) in [6.07, 6.45) is 4.49. The van der Waals surface area contributed by atoms with Crippen LogP contribution in [-0.4, -0.2) is 28.6 Å². The Bertz CT molecular complexity index is 576. The minimum Gasteiger partial charge on any atom is -0.266 e. The summed E-state index contributed by atoms with van der Waals surface area (Å²) in [5.74, 6) is 0. The molecular formula is C9H11N5O2S. The largest absolute Gasteiger partial charge is 0.266 e. The summed E-state index contributed by atoms with van der Waals surface area (Å²) < 4.78 is 25.8. The molecule has 0 amide bonds. The van der Waals surface area contributed by atoms with Gasteiger partial charge >= 0.3 is 0 Å². The monoisotopic (exact) mass is 253 g/mol. The van der Waals surface area contributed by atoms with Crippen molar-refractivity contribution < 1.29 is 8.42 Å². The number of H-pyrrole nitrogens is 1. The van der Waals surface area contributed by atoms with Crippen molar-refractivity contribution in [2.24, 2.45) is 0 Å². The maximum Gasteiger partial charge on any atom is 0.257 e. The van der Waals surface area contributed by atoms with Gasteiger partial charge in [-0.3, -0.25) is 15.1 Å². The molecule has 90 valence electrons. The van der Waals surface area contributed by atoms with E-state index < -0.39 is 10.0 Å². The fourth-order valence-electron chi connectivity index (χ4n) is 1.15. The van der Waals surface area contributed by atoms with Gasteiger partial charge in [0.15, 0.2) is 5.03 Å². The fraction of sp³-hybridized carbons (Fsp3) is 0.222. The van der Waals surface area contributed by atoms with Gasteiger partial charge in [-0.1, -0.05) is 0 Å². The van der Waals surface area contributed by atoms with Crippen molar-refractivity contribution in [3.05, 3.63) is 36.0 Å². The molecule has 0 atom stereocenters. The van der Waals surface area contributed by atoms with Crippen molar-refractivity contribution in [3.63, 3.8) is 0 Å². The van der Waals surface area contributed by atoms with Crippen LogP contribution in [0.1, 0.15) is 11.4 Å². The van der Waals surface area contributed by atoms with Crippen molar-refractivity contribution >= 4 is 10.0 Å². The van der Waals surface area contributed by atoms with E-state index in [4.69, 9.17) is 0 Å². The van der Waals surface area contributed by atoms with E-state index in [9.17, 15) is 8.42 Å². The summed E-state index contributed by atoms with van der Waals surface area (Å²) in [5, 5.41) is 5.99. The van der Waals surface area contributed by atoms with E-state index in [0.717, 1.165) is 5.69 Å². The molecule has 0 aliphatic heterocycles. The normalized spacial score (nSPS) is 11.6. The molecule has 2 aromatic rings. The van der Waals surface area contributed by atoms with Crippen LogP contribution in [0.15, 0.2) is 29.7 Å². The molecule has 0 saturated carbocycles. The molecule has 0 aromatic carbocycles. The Kier molecular flexibility index (Phi) is 3.16. The van der Waals surface area contributed by atoms with Crippen LogP contribution in [0.2, 0.25) is 0 Å². The second kappa shape index (κ2) is 4.60. The zero-order chi connectivity index (χ0) is 12.3. The molecule has 0 aliphatic rings. The predicted octanol–water partition coefficient (Wildman–Crippen LogP) is -0.0134. The van der Waals surface area contributed by atoms with Crippen LogP contribution >= 0.6 is 0 Å². The predicted molar refractivity (Wildman–Crippen MR) is 59.4 cm³/mol. The van der Waals surface area contributed by atoms with E-state index in [2.05, 4.69) is 24.9 Å². The SMILES string of the molecule is Cc1cnc(CNS(=O)(=O)c2ccn[nH]2)cn1. The molecule has 2 heterocycles. The standard InChI is InChI=1S/C9H11N5O2S/c1-7-4-11-8(5-10-7)6-13-17(15,16)9-2-3-12-14-9/h2-5,13H,6H2,1H3,(H,12,14). The Hall–Kier alpha value is -1.80. The zero-order valence-electron chi connectivity index (χ0n) is 9.08. The molecule has 8 heteroatoms. The van der Waals surface area contributed by atoms with E-state index in [1.165, 1.54) is 18.5 Å². The number of aromatic nitrogens is 4. The van der Waals surface area contributed by atoms with Crippen LogP contribution in [0.5, 0.6) is 0 Å². The first-order valence-corrected chi connectivity index (χ1v) is 6.33. The molecule has 0 bridgehead atoms. The lowest BCUT2D eigenvalue weighted by Crippen LogP contribution is -2.24. The van der Waals surface area contributed by atoms with Crippen LogP contribution in [-0.2, 0) is 16.6 Å². The second-order valence-corrected chi connectivity index (χ2v) is 5.13. The Balaban J connectivity index is 2.06. The molecule has 2 aromatic heterocycles. The molecule has 0 unspecified atom stereocenters. The van der Waals surface area contributed by atoms with Gasteiger partial charge in [0.25, 0.3) is 10.0 Å². The van der Waals surface area contributed by atoms with Gasteiger partial charge in [0.1, 0.15) is 0 Å². The quantitative estimate of drug-likeness (QED) is 0.798. The van der Waals surface area contributed by atoms with E-state index in [1.54, 1.807) is 6.20 Å². The number of sulfonamides is 1. The molecule has 0 radical (unpaired) electrons. The molecule has 2 N–H and O–H groups in total. The molecule has 17 heavy (non-hydrogen) atoms. The van der Waals surface area contributed by atoms with Crippen LogP contribution in [0.25, 0.3) is 0 Å². The average molecular weight is 253 g/mol. The van der Waals surface area contributed by atoms with Crippen molar-refractivity contribution in [2.75, 3.05) is 0 Å². The number of hydrogen-bond donors (Lipinski definition) is 2. The summed E-state index contributed by atoms with van der Waals surface area (Å²) in [6, 6.07) is 1.38. The van der Waals surface area contributed by atoms with Gasteiger partial charge in [0.2, 0.25) is 0 Å². The topological polar surface area (TPSA) is 101 Å². The lowest BCUT2D eigenvalue weighted by molar-refractivity contribution is 0.576. The summed E-state index contributed by atoms with van der Waals surface area (Å²) in [4.78, 5) is 8.07. The molecule has 0 fully saturated rings. The lowest BCUT2D eigenvalue weighted by Gasteiger charge is -2.03. The minimum absolute atomic E-state index is 0.0255. The third-order valence-electron chi connectivity index (χ3n) is 2.04. The maximum atomic E-state index is 11.7. The van der Waals surface area contributed by atoms with Crippen molar-refractivity contribution in [2.45, 2.75) is 18.5 Å². The minimum atomic E-state index is -3.56. The molecule has 2 rings (SSSR count). The number of hydrogen-bond acceptors (Lipinski definition) is 5. The van der Waals surface area contributed by atoms with Gasteiger partial charge in [-0.05, 0) is 13.0 Å². The molecular weight excluding hydrogens is 242 g/mol. The Labute approximate surface area is 98.4 Å². The second-order valence-electron chi connectivity index (χ2n) is 3.39. The van der Waals surface area contributed by atoms with Crippen molar-refractivity contribution in [1.82, 2.24) is 24.9 Å². The van der Waals surface area contributed by atoms with E-state index >= 15 is 0 Å². The van der Waals surface area contributed by atoms with E-state index in [-0.39, 0.29) is 11.6 Å². The van der Waals surface area contributed by atoms with Crippen LogP contribution in [0.3, 0.4) is 0 Å². The number of rotatable bonds is 4. The molecule has 7 nitrogen and oxygen atoms in total.